The van der Waals surface area contributed by atoms with E-state index in [-0.39, 0.29) is 0 Å². The average Bonchev–Trinajstić information content (AvgIpc) is 2.46. The first-order chi connectivity index (χ1) is 9.25. The van der Waals surface area contributed by atoms with Crippen molar-refractivity contribution in [2.45, 2.75) is 18.9 Å². The fourth-order valence-electron chi connectivity index (χ4n) is 2.43. The van der Waals surface area contributed by atoms with E-state index in [1.807, 2.05) is 36.4 Å². The van der Waals surface area contributed by atoms with Crippen LogP contribution in [0.15, 0.2) is 42.5 Å². The molecule has 1 heterocycles. The number of ether oxygens (including phenoxy) is 1. The van der Waals surface area contributed by atoms with Crippen molar-refractivity contribution in [2.75, 3.05) is 6.61 Å². The average molecular weight is 275 g/mol. The molecule has 3 heteroatoms. The number of aliphatic hydroxyl groups is 1. The third-order valence-electron chi connectivity index (χ3n) is 3.45. The van der Waals surface area contributed by atoms with Gasteiger partial charge in [0.15, 0.2) is 0 Å². The molecule has 1 atom stereocenters. The standard InChI is InChI=1S/C16H15ClO2/c17-14-6-2-1-5-13(14)16(18)12-7-8-15-11(10-12)4-3-9-19-15/h1-2,5-8,10,16,18H,3-4,9H2. The normalized spacial score (nSPS) is 15.5. The maximum atomic E-state index is 10.4. The minimum atomic E-state index is -0.694. The molecular formula is C16H15ClO2. The Labute approximate surface area is 117 Å². The van der Waals surface area contributed by atoms with Gasteiger partial charge in [0.25, 0.3) is 0 Å². The third kappa shape index (κ3) is 2.46. The first-order valence-electron chi connectivity index (χ1n) is 6.44. The van der Waals surface area contributed by atoms with Gasteiger partial charge in [-0.1, -0.05) is 35.9 Å². The SMILES string of the molecule is OC(c1ccc2c(c1)CCCO2)c1ccccc1Cl. The highest BCUT2D eigenvalue weighted by Gasteiger charge is 2.17. The van der Waals surface area contributed by atoms with Crippen molar-refractivity contribution in [3.63, 3.8) is 0 Å². The van der Waals surface area contributed by atoms with Crippen LogP contribution >= 0.6 is 11.6 Å². The van der Waals surface area contributed by atoms with Crippen molar-refractivity contribution in [1.29, 1.82) is 0 Å². The van der Waals surface area contributed by atoms with Crippen LogP contribution in [0.3, 0.4) is 0 Å². The molecule has 0 fully saturated rings. The summed E-state index contributed by atoms with van der Waals surface area (Å²) >= 11 is 6.13. The van der Waals surface area contributed by atoms with Crippen LogP contribution in [0.4, 0.5) is 0 Å². The van der Waals surface area contributed by atoms with Gasteiger partial charge >= 0.3 is 0 Å². The highest BCUT2D eigenvalue weighted by molar-refractivity contribution is 6.31. The van der Waals surface area contributed by atoms with Gasteiger partial charge in [-0.15, -0.1) is 0 Å². The highest BCUT2D eigenvalue weighted by atomic mass is 35.5. The van der Waals surface area contributed by atoms with Crippen molar-refractivity contribution >= 4 is 11.6 Å². The van der Waals surface area contributed by atoms with Gasteiger partial charge in [-0.2, -0.15) is 0 Å². The molecule has 2 nitrogen and oxygen atoms in total. The summed E-state index contributed by atoms with van der Waals surface area (Å²) in [4.78, 5) is 0. The summed E-state index contributed by atoms with van der Waals surface area (Å²) in [6.07, 6.45) is 1.33. The van der Waals surface area contributed by atoms with E-state index < -0.39 is 6.10 Å². The summed E-state index contributed by atoms with van der Waals surface area (Å²) in [7, 11) is 0. The molecule has 3 rings (SSSR count). The van der Waals surface area contributed by atoms with Crippen molar-refractivity contribution < 1.29 is 9.84 Å². The Hall–Kier alpha value is -1.51. The zero-order chi connectivity index (χ0) is 13.2. The molecule has 19 heavy (non-hydrogen) atoms. The molecule has 1 unspecified atom stereocenters. The minimum absolute atomic E-state index is 0.587. The van der Waals surface area contributed by atoms with Crippen LogP contribution in [-0.2, 0) is 6.42 Å². The van der Waals surface area contributed by atoms with Gasteiger partial charge in [-0.25, -0.2) is 0 Å². The second-order valence-corrected chi connectivity index (χ2v) is 5.15. The molecule has 98 valence electrons. The van der Waals surface area contributed by atoms with E-state index in [0.717, 1.165) is 41.9 Å². The third-order valence-corrected chi connectivity index (χ3v) is 3.79. The van der Waals surface area contributed by atoms with Gasteiger partial charge in [0, 0.05) is 10.6 Å². The van der Waals surface area contributed by atoms with E-state index in [1.54, 1.807) is 6.07 Å². The topological polar surface area (TPSA) is 29.5 Å². The van der Waals surface area contributed by atoms with Crippen molar-refractivity contribution in [3.8, 4) is 5.75 Å². The Balaban J connectivity index is 1.96. The number of hydrogen-bond acceptors (Lipinski definition) is 2. The molecule has 1 aliphatic rings. The molecule has 0 spiro atoms. The maximum absolute atomic E-state index is 10.4. The fourth-order valence-corrected chi connectivity index (χ4v) is 2.67. The quantitative estimate of drug-likeness (QED) is 0.904. The van der Waals surface area contributed by atoms with Crippen molar-refractivity contribution in [3.05, 3.63) is 64.2 Å². The van der Waals surface area contributed by atoms with Crippen LogP contribution in [0.5, 0.6) is 5.75 Å². The Morgan fingerprint density at radius 3 is 2.84 bits per heavy atom. The maximum Gasteiger partial charge on any atom is 0.122 e. The summed E-state index contributed by atoms with van der Waals surface area (Å²) < 4.78 is 5.58. The van der Waals surface area contributed by atoms with Crippen molar-refractivity contribution in [2.24, 2.45) is 0 Å². The smallest absolute Gasteiger partial charge is 0.122 e. The highest BCUT2D eigenvalue weighted by Crippen LogP contribution is 2.32. The summed E-state index contributed by atoms with van der Waals surface area (Å²) in [5.41, 5.74) is 2.76. The van der Waals surface area contributed by atoms with E-state index in [1.165, 1.54) is 0 Å². The van der Waals surface area contributed by atoms with Crippen LogP contribution in [0.1, 0.15) is 29.2 Å². The fraction of sp³-hybridized carbons (Fsp3) is 0.250. The van der Waals surface area contributed by atoms with E-state index in [2.05, 4.69) is 0 Å². The predicted octanol–water partition coefficient (Wildman–Crippen LogP) is 3.75. The predicted molar refractivity (Wildman–Crippen MR) is 75.8 cm³/mol. The molecule has 2 aromatic carbocycles. The lowest BCUT2D eigenvalue weighted by molar-refractivity contribution is 0.219. The van der Waals surface area contributed by atoms with Gasteiger partial charge in [0.1, 0.15) is 11.9 Å². The zero-order valence-corrected chi connectivity index (χ0v) is 11.2. The van der Waals surface area contributed by atoms with Crippen LogP contribution in [0.25, 0.3) is 0 Å². The molecule has 0 bridgehead atoms. The number of benzene rings is 2. The first kappa shape index (κ1) is 12.5. The second kappa shape index (κ2) is 5.24. The molecule has 1 N–H and O–H groups in total. The molecule has 0 aliphatic carbocycles. The zero-order valence-electron chi connectivity index (χ0n) is 10.5. The van der Waals surface area contributed by atoms with Crippen LogP contribution in [-0.4, -0.2) is 11.7 Å². The first-order valence-corrected chi connectivity index (χ1v) is 6.81. The molecule has 0 saturated carbocycles. The largest absolute Gasteiger partial charge is 0.493 e. The van der Waals surface area contributed by atoms with E-state index in [0.29, 0.717) is 5.02 Å². The molecule has 0 aromatic heterocycles. The number of aryl methyl sites for hydroxylation is 1. The molecule has 0 amide bonds. The summed E-state index contributed by atoms with van der Waals surface area (Å²) in [6.45, 7) is 0.777. The lowest BCUT2D eigenvalue weighted by atomic mass is 9.97. The van der Waals surface area contributed by atoms with Crippen LogP contribution in [0, 0.1) is 0 Å². The number of rotatable bonds is 2. The van der Waals surface area contributed by atoms with Gasteiger partial charge in [0.2, 0.25) is 0 Å². The lowest BCUT2D eigenvalue weighted by Gasteiger charge is -2.20. The van der Waals surface area contributed by atoms with E-state index >= 15 is 0 Å². The second-order valence-electron chi connectivity index (χ2n) is 4.74. The van der Waals surface area contributed by atoms with Gasteiger partial charge in [-0.05, 0) is 42.2 Å². The Kier molecular flexibility index (Phi) is 3.45. The van der Waals surface area contributed by atoms with Gasteiger partial charge in [0.05, 0.1) is 6.61 Å². The molecule has 1 aliphatic heterocycles. The van der Waals surface area contributed by atoms with Crippen LogP contribution < -0.4 is 4.74 Å². The summed E-state index contributed by atoms with van der Waals surface area (Å²) in [5, 5.41) is 11.0. The Morgan fingerprint density at radius 2 is 2.00 bits per heavy atom. The van der Waals surface area contributed by atoms with E-state index in [9.17, 15) is 5.11 Å². The van der Waals surface area contributed by atoms with Gasteiger partial charge < -0.3 is 9.84 Å². The van der Waals surface area contributed by atoms with Crippen molar-refractivity contribution in [1.82, 2.24) is 0 Å². The summed E-state index contributed by atoms with van der Waals surface area (Å²) in [6, 6.07) is 13.2. The van der Waals surface area contributed by atoms with E-state index in [4.69, 9.17) is 16.3 Å². The van der Waals surface area contributed by atoms with Crippen LogP contribution in [0.2, 0.25) is 5.02 Å². The molecule has 2 aromatic rings. The number of hydrogen-bond donors (Lipinski definition) is 1. The van der Waals surface area contributed by atoms with Gasteiger partial charge in [-0.3, -0.25) is 0 Å². The lowest BCUT2D eigenvalue weighted by Crippen LogP contribution is -2.09. The number of halogens is 1. The Bertz CT molecular complexity index is 595. The molecule has 0 radical (unpaired) electrons. The molecular weight excluding hydrogens is 260 g/mol. The number of fused-ring (bicyclic) bond motifs is 1. The monoisotopic (exact) mass is 274 g/mol. The summed E-state index contributed by atoms with van der Waals surface area (Å²) in [5.74, 6) is 0.932. The Morgan fingerprint density at radius 1 is 1.16 bits per heavy atom. The molecule has 0 saturated heterocycles. The number of aliphatic hydroxyl groups excluding tert-OH is 1. The minimum Gasteiger partial charge on any atom is -0.493 e.